The van der Waals surface area contributed by atoms with Crippen LogP contribution in [0.2, 0.25) is 0 Å². The number of rotatable bonds is 12. The molecule has 19 heteroatoms. The van der Waals surface area contributed by atoms with Crippen LogP contribution in [0, 0.1) is 5.92 Å². The predicted octanol–water partition coefficient (Wildman–Crippen LogP) is 4.57. The number of nitrogens with zero attached hydrogens (tertiary/aromatic N) is 1. The number of carbonyl (C=O) groups is 6. The summed E-state index contributed by atoms with van der Waals surface area (Å²) in [6, 6.07) is -1.05. The summed E-state index contributed by atoms with van der Waals surface area (Å²) in [6.07, 6.45) is -3.82. The number of methoxy groups -OCH3 is 1. The first-order chi connectivity index (χ1) is 25.0. The van der Waals surface area contributed by atoms with E-state index in [1.807, 2.05) is 0 Å². The molecule has 1 unspecified atom stereocenters. The van der Waals surface area contributed by atoms with Crippen LogP contribution in [-0.2, 0) is 42.7 Å². The Bertz CT molecular complexity index is 1360. The summed E-state index contributed by atoms with van der Waals surface area (Å²) in [7, 11) is 1.13. The monoisotopic (exact) mass is 771 g/mol. The van der Waals surface area contributed by atoms with Crippen molar-refractivity contribution < 1.29 is 66.7 Å². The second-order valence-corrected chi connectivity index (χ2v) is 15.5. The molecule has 2 rings (SSSR count). The van der Waals surface area contributed by atoms with Gasteiger partial charge in [0.15, 0.2) is 12.2 Å². The van der Waals surface area contributed by atoms with E-state index in [4.69, 9.17) is 37.9 Å². The van der Waals surface area contributed by atoms with Crippen LogP contribution in [0.3, 0.4) is 0 Å². The molecular formula is C35H57N5O14. The van der Waals surface area contributed by atoms with Crippen molar-refractivity contribution >= 4 is 42.5 Å². The molecule has 0 aliphatic carbocycles. The van der Waals surface area contributed by atoms with Gasteiger partial charge < -0.3 is 48.5 Å². The minimum atomic E-state index is -1.34. The molecule has 0 aromatic rings. The lowest BCUT2D eigenvalue weighted by Gasteiger charge is -2.38. The molecule has 1 saturated heterocycles. The molecular weight excluding hydrogens is 714 g/mol. The van der Waals surface area contributed by atoms with Gasteiger partial charge >= 0.3 is 36.5 Å². The number of carbonyl (C=O) groups excluding carboxylic acids is 6. The summed E-state index contributed by atoms with van der Waals surface area (Å²) in [4.78, 5) is 79.6. The van der Waals surface area contributed by atoms with E-state index in [9.17, 15) is 28.8 Å². The zero-order valence-electron chi connectivity index (χ0n) is 33.1. The maximum atomic E-state index is 13.1. The Morgan fingerprint density at radius 1 is 0.778 bits per heavy atom. The largest absolute Gasteiger partial charge is 0.508 e. The number of unbranched alkanes of at least 4 members (excludes halogenated alkanes) is 3. The van der Waals surface area contributed by atoms with Crippen LogP contribution < -0.4 is 21.3 Å². The summed E-state index contributed by atoms with van der Waals surface area (Å²) in [6.45, 7) is 17.2. The third-order valence-electron chi connectivity index (χ3n) is 7.13. The van der Waals surface area contributed by atoms with Gasteiger partial charge in [-0.25, -0.2) is 33.8 Å². The maximum Gasteiger partial charge on any atom is 0.508 e. The topological polar surface area (TPSA) is 237 Å². The normalized spacial score (nSPS) is 20.3. The standard InChI is InChI=1S/C35H57N5O14/c1-20-21(38-27(39-30(44)53-34(5,6)7)40-31(45)54-35(8,9)10)18-22(26(41)47-11)49-24(20)25(23-19-48-32(46)50-23)51-28(42)36-16-14-12-13-15-17-37-29(43)52-33(2,3)4/h18,20-21,23-25H,12-17,19H2,1-11H3,(H,36,42)(H,37,43)(H2,38,39,40,44,45)/t20-,21+,23-,24?,25-/m1/s1. The van der Waals surface area contributed by atoms with Crippen LogP contribution >= 0.6 is 0 Å². The summed E-state index contributed by atoms with van der Waals surface area (Å²) in [5, 5.41) is 10.1. The van der Waals surface area contributed by atoms with Crippen LogP contribution in [0.4, 0.5) is 24.0 Å². The van der Waals surface area contributed by atoms with Gasteiger partial charge in [0, 0.05) is 19.0 Å². The number of hydrogen-bond donors (Lipinski definition) is 4. The lowest BCUT2D eigenvalue weighted by atomic mass is 9.87. The highest BCUT2D eigenvalue weighted by Gasteiger charge is 2.48. The van der Waals surface area contributed by atoms with Gasteiger partial charge in [0.1, 0.15) is 29.5 Å². The number of alkyl carbamates (subject to hydrolysis) is 4. The zero-order chi connectivity index (χ0) is 40.9. The second kappa shape index (κ2) is 19.9. The number of guanidine groups is 1. The van der Waals surface area contributed by atoms with Crippen molar-refractivity contribution in [1.29, 1.82) is 0 Å². The molecule has 1 fully saturated rings. The maximum absolute atomic E-state index is 13.1. The van der Waals surface area contributed by atoms with Crippen molar-refractivity contribution in [2.75, 3.05) is 26.8 Å². The van der Waals surface area contributed by atoms with E-state index in [1.54, 1.807) is 69.2 Å². The Morgan fingerprint density at radius 2 is 1.28 bits per heavy atom. The first-order valence-corrected chi connectivity index (χ1v) is 17.8. The minimum Gasteiger partial charge on any atom is -0.479 e. The molecule has 4 N–H and O–H groups in total. The Hall–Kier alpha value is -4.97. The number of aliphatic imine (C=N–C) groups is 1. The van der Waals surface area contributed by atoms with E-state index in [0.717, 1.165) is 20.0 Å². The highest BCUT2D eigenvalue weighted by molar-refractivity contribution is 6.01. The zero-order valence-corrected chi connectivity index (χ0v) is 33.1. The first kappa shape index (κ1) is 45.2. The molecule has 4 amide bonds. The number of hydrogen-bond acceptors (Lipinski definition) is 15. The van der Waals surface area contributed by atoms with Crippen LogP contribution in [-0.4, -0.2) is 110 Å². The number of esters is 1. The van der Waals surface area contributed by atoms with Gasteiger partial charge in [0.2, 0.25) is 11.7 Å². The summed E-state index contributed by atoms with van der Waals surface area (Å²) in [5.74, 6) is -2.40. The number of cyclic esters (lactones) is 2. The van der Waals surface area contributed by atoms with Gasteiger partial charge in [-0.3, -0.25) is 10.6 Å². The molecule has 0 radical (unpaired) electrons. The SMILES string of the molecule is COC(=O)C1=C[C@H](N=C(NC(=O)OC(C)(C)C)NC(=O)OC(C)(C)C)[C@@H](C)C([C@H](OC(=O)NCCCCCCNC(=O)OC(C)(C)C)[C@H]2COC(=O)O2)O1. The van der Waals surface area contributed by atoms with Crippen molar-refractivity contribution in [3.63, 3.8) is 0 Å². The quantitative estimate of drug-likeness (QED) is 0.0700. The highest BCUT2D eigenvalue weighted by atomic mass is 16.8. The van der Waals surface area contributed by atoms with Gasteiger partial charge in [0.25, 0.3) is 0 Å². The van der Waals surface area contributed by atoms with E-state index in [-0.39, 0.29) is 24.9 Å². The molecule has 306 valence electrons. The molecule has 0 aromatic heterocycles. The lowest BCUT2D eigenvalue weighted by Crippen LogP contribution is -2.53. The number of ether oxygens (including phenoxy) is 8. The Labute approximate surface area is 315 Å². The Kier molecular flexibility index (Phi) is 16.7. The fourth-order valence-corrected chi connectivity index (χ4v) is 4.90. The van der Waals surface area contributed by atoms with Gasteiger partial charge in [-0.05, 0) is 81.2 Å². The third-order valence-corrected chi connectivity index (χ3v) is 7.13. The van der Waals surface area contributed by atoms with Crippen molar-refractivity contribution in [2.24, 2.45) is 10.9 Å². The van der Waals surface area contributed by atoms with Crippen molar-refractivity contribution in [3.05, 3.63) is 11.8 Å². The fraction of sp³-hybridized carbons (Fsp3) is 0.743. The average Bonchev–Trinajstić information content (AvgIpc) is 3.44. The second-order valence-electron chi connectivity index (χ2n) is 15.5. The fourth-order valence-electron chi connectivity index (χ4n) is 4.90. The van der Waals surface area contributed by atoms with Crippen LogP contribution in [0.15, 0.2) is 16.8 Å². The van der Waals surface area contributed by atoms with Crippen LogP contribution in [0.5, 0.6) is 0 Å². The molecule has 0 saturated carbocycles. The van der Waals surface area contributed by atoms with Gasteiger partial charge in [-0.2, -0.15) is 0 Å². The molecule has 2 aliphatic heterocycles. The molecule has 54 heavy (non-hydrogen) atoms. The van der Waals surface area contributed by atoms with Crippen molar-refractivity contribution in [1.82, 2.24) is 21.3 Å². The smallest absolute Gasteiger partial charge is 0.479 e. The molecule has 0 bridgehead atoms. The molecule has 19 nitrogen and oxygen atoms in total. The van der Waals surface area contributed by atoms with Gasteiger partial charge in [-0.1, -0.05) is 19.8 Å². The molecule has 2 heterocycles. The van der Waals surface area contributed by atoms with Crippen LogP contribution in [0.25, 0.3) is 0 Å². The Balaban J connectivity index is 2.24. The van der Waals surface area contributed by atoms with E-state index in [2.05, 4.69) is 26.3 Å². The van der Waals surface area contributed by atoms with Gasteiger partial charge in [0.05, 0.1) is 13.2 Å². The molecule has 5 atom stereocenters. The van der Waals surface area contributed by atoms with Crippen molar-refractivity contribution in [3.8, 4) is 0 Å². The molecule has 2 aliphatic rings. The summed E-state index contributed by atoms with van der Waals surface area (Å²) < 4.78 is 42.8. The van der Waals surface area contributed by atoms with E-state index >= 15 is 0 Å². The average molecular weight is 772 g/mol. The third kappa shape index (κ3) is 17.2. The molecule has 0 aromatic carbocycles. The highest BCUT2D eigenvalue weighted by Crippen LogP contribution is 2.33. The summed E-state index contributed by atoms with van der Waals surface area (Å²) >= 11 is 0. The first-order valence-electron chi connectivity index (χ1n) is 17.8. The molecule has 0 spiro atoms. The van der Waals surface area contributed by atoms with E-state index < -0.39 is 83.6 Å². The minimum absolute atomic E-state index is 0.239. The summed E-state index contributed by atoms with van der Waals surface area (Å²) in [5.41, 5.74) is -2.39. The van der Waals surface area contributed by atoms with E-state index in [0.29, 0.717) is 19.4 Å². The number of amides is 4. The number of nitrogens with one attached hydrogen (secondary N) is 4. The van der Waals surface area contributed by atoms with E-state index in [1.165, 1.54) is 6.08 Å². The lowest BCUT2D eigenvalue weighted by molar-refractivity contribution is -0.147. The van der Waals surface area contributed by atoms with Crippen LogP contribution in [0.1, 0.15) is 94.9 Å². The predicted molar refractivity (Wildman–Crippen MR) is 191 cm³/mol. The van der Waals surface area contributed by atoms with Gasteiger partial charge in [-0.15, -0.1) is 0 Å². The Morgan fingerprint density at radius 3 is 1.74 bits per heavy atom. The van der Waals surface area contributed by atoms with Crippen molar-refractivity contribution in [2.45, 2.75) is 136 Å².